The van der Waals surface area contributed by atoms with E-state index in [0.717, 1.165) is 19.3 Å². The van der Waals surface area contributed by atoms with Crippen LogP contribution < -0.4 is 9.47 Å². The van der Waals surface area contributed by atoms with Crippen molar-refractivity contribution in [3.8, 4) is 23.0 Å². The van der Waals surface area contributed by atoms with Crippen LogP contribution in [0.5, 0.6) is 23.0 Å². The van der Waals surface area contributed by atoms with Crippen molar-refractivity contribution in [3.63, 3.8) is 0 Å². The van der Waals surface area contributed by atoms with Crippen LogP contribution in [0.25, 0.3) is 12.2 Å². The minimum Gasteiger partial charge on any atom is -0.504 e. The third-order valence-electron chi connectivity index (χ3n) is 4.46. The summed E-state index contributed by atoms with van der Waals surface area (Å²) in [7, 11) is 1.44. The number of phenols is 2. The molecule has 0 atom stereocenters. The van der Waals surface area contributed by atoms with Gasteiger partial charge in [-0.2, -0.15) is 0 Å². The molecular formula is C25H28O6. The Labute approximate surface area is 182 Å². The fraction of sp³-hybridized carbons (Fsp3) is 0.280. The number of rotatable bonds is 12. The molecule has 2 rings (SSSR count). The zero-order valence-electron chi connectivity index (χ0n) is 17.8. The van der Waals surface area contributed by atoms with Gasteiger partial charge < -0.3 is 19.7 Å². The van der Waals surface area contributed by atoms with Gasteiger partial charge in [0.05, 0.1) is 20.1 Å². The molecule has 2 aromatic rings. The summed E-state index contributed by atoms with van der Waals surface area (Å²) in [6, 6.07) is 9.53. The largest absolute Gasteiger partial charge is 0.504 e. The second kappa shape index (κ2) is 12.2. The standard InChI is InChI=1S/C25H28O6/c1-3-4-5-14-31-25-16-19(9-13-23(25)29)7-11-21(27)17-20(26)10-6-18-8-12-22(28)24(15-18)30-2/h6-13,15-16,28-29H,3-5,14,17H2,1-2H3/b10-6+,11-7+. The number of carbonyl (C=O) groups is 2. The Morgan fingerprint density at radius 2 is 1.42 bits per heavy atom. The van der Waals surface area contributed by atoms with E-state index in [1.165, 1.54) is 31.4 Å². The molecule has 6 heteroatoms. The van der Waals surface area contributed by atoms with E-state index in [-0.39, 0.29) is 29.5 Å². The van der Waals surface area contributed by atoms with E-state index in [0.29, 0.717) is 29.2 Å². The molecule has 164 valence electrons. The number of carbonyl (C=O) groups excluding carboxylic acids is 2. The van der Waals surface area contributed by atoms with Gasteiger partial charge in [0.1, 0.15) is 0 Å². The maximum Gasteiger partial charge on any atom is 0.163 e. The van der Waals surface area contributed by atoms with Gasteiger partial charge in [0.25, 0.3) is 0 Å². The Hall–Kier alpha value is -3.54. The predicted octanol–water partition coefficient (Wildman–Crippen LogP) is 4.93. The zero-order valence-corrected chi connectivity index (χ0v) is 17.8. The molecule has 0 saturated heterocycles. The Bertz CT molecular complexity index is 958. The van der Waals surface area contributed by atoms with Crippen LogP contribution in [0.3, 0.4) is 0 Å². The van der Waals surface area contributed by atoms with Gasteiger partial charge >= 0.3 is 0 Å². The van der Waals surface area contributed by atoms with Gasteiger partial charge in [-0.15, -0.1) is 0 Å². The number of methoxy groups -OCH3 is 1. The maximum atomic E-state index is 12.1. The second-order valence-corrected chi connectivity index (χ2v) is 6.99. The van der Waals surface area contributed by atoms with Crippen molar-refractivity contribution in [2.24, 2.45) is 0 Å². The van der Waals surface area contributed by atoms with E-state index in [4.69, 9.17) is 9.47 Å². The van der Waals surface area contributed by atoms with Crippen LogP contribution in [0.1, 0.15) is 43.7 Å². The quantitative estimate of drug-likeness (QED) is 0.285. The fourth-order valence-corrected chi connectivity index (χ4v) is 2.75. The monoisotopic (exact) mass is 424 g/mol. The lowest BCUT2D eigenvalue weighted by Crippen LogP contribution is -2.02. The van der Waals surface area contributed by atoms with E-state index < -0.39 is 0 Å². The predicted molar refractivity (Wildman–Crippen MR) is 120 cm³/mol. The lowest BCUT2D eigenvalue weighted by Gasteiger charge is -2.08. The number of allylic oxidation sites excluding steroid dienone is 2. The van der Waals surface area contributed by atoms with Crippen molar-refractivity contribution in [3.05, 3.63) is 59.7 Å². The molecule has 0 heterocycles. The van der Waals surface area contributed by atoms with Crippen LogP contribution in [-0.2, 0) is 9.59 Å². The first-order valence-corrected chi connectivity index (χ1v) is 10.2. The number of hydrogen-bond donors (Lipinski definition) is 2. The molecule has 0 amide bonds. The van der Waals surface area contributed by atoms with E-state index >= 15 is 0 Å². The molecule has 0 aliphatic heterocycles. The topological polar surface area (TPSA) is 93.1 Å². The van der Waals surface area contributed by atoms with Gasteiger partial charge in [0.15, 0.2) is 34.6 Å². The summed E-state index contributed by atoms with van der Waals surface area (Å²) in [5.41, 5.74) is 1.36. The molecule has 0 fully saturated rings. The number of ether oxygens (including phenoxy) is 2. The van der Waals surface area contributed by atoms with Crippen LogP contribution in [0.4, 0.5) is 0 Å². The summed E-state index contributed by atoms with van der Waals surface area (Å²) < 4.78 is 10.6. The lowest BCUT2D eigenvalue weighted by atomic mass is 10.1. The Kier molecular flexibility index (Phi) is 9.36. The highest BCUT2D eigenvalue weighted by Gasteiger charge is 2.06. The molecule has 0 saturated carbocycles. The summed E-state index contributed by atoms with van der Waals surface area (Å²) >= 11 is 0. The molecule has 0 aliphatic rings. The third kappa shape index (κ3) is 8.01. The summed E-state index contributed by atoms with van der Waals surface area (Å²) in [5, 5.41) is 19.5. The fourth-order valence-electron chi connectivity index (χ4n) is 2.75. The first-order chi connectivity index (χ1) is 14.9. The number of aromatic hydroxyl groups is 2. The molecule has 0 spiro atoms. The first-order valence-electron chi connectivity index (χ1n) is 10.2. The van der Waals surface area contributed by atoms with Crippen molar-refractivity contribution in [2.45, 2.75) is 32.6 Å². The molecule has 0 radical (unpaired) electrons. The summed E-state index contributed by atoms with van der Waals surface area (Å²) in [6.07, 6.45) is 8.57. The molecular weight excluding hydrogens is 396 g/mol. The van der Waals surface area contributed by atoms with Gasteiger partial charge in [-0.25, -0.2) is 0 Å². The van der Waals surface area contributed by atoms with Crippen LogP contribution in [0, 0.1) is 0 Å². The Balaban J connectivity index is 1.92. The minimum absolute atomic E-state index is 0.00930. The minimum atomic E-state index is -0.340. The number of benzene rings is 2. The van der Waals surface area contributed by atoms with Crippen molar-refractivity contribution in [1.29, 1.82) is 0 Å². The van der Waals surface area contributed by atoms with Gasteiger partial charge in [0.2, 0.25) is 0 Å². The van der Waals surface area contributed by atoms with Gasteiger partial charge in [-0.05, 0) is 54.0 Å². The first kappa shape index (κ1) is 23.7. The average molecular weight is 424 g/mol. The molecule has 0 aromatic heterocycles. The van der Waals surface area contributed by atoms with E-state index in [1.807, 2.05) is 0 Å². The van der Waals surface area contributed by atoms with Crippen molar-refractivity contribution in [2.75, 3.05) is 13.7 Å². The number of phenolic OH excluding ortho intramolecular Hbond substituents is 2. The number of hydrogen-bond acceptors (Lipinski definition) is 6. The highest BCUT2D eigenvalue weighted by atomic mass is 16.5. The summed E-state index contributed by atoms with van der Waals surface area (Å²) in [4.78, 5) is 24.2. The Morgan fingerprint density at radius 3 is 1.97 bits per heavy atom. The molecule has 0 unspecified atom stereocenters. The number of ketones is 2. The zero-order chi connectivity index (χ0) is 22.6. The van der Waals surface area contributed by atoms with Crippen molar-refractivity contribution >= 4 is 23.7 Å². The normalized spacial score (nSPS) is 11.2. The smallest absolute Gasteiger partial charge is 0.163 e. The van der Waals surface area contributed by atoms with Gasteiger partial charge in [0, 0.05) is 0 Å². The lowest BCUT2D eigenvalue weighted by molar-refractivity contribution is -0.121. The highest BCUT2D eigenvalue weighted by molar-refractivity contribution is 6.10. The van der Waals surface area contributed by atoms with Crippen LogP contribution in [-0.4, -0.2) is 35.5 Å². The van der Waals surface area contributed by atoms with Gasteiger partial charge in [-0.1, -0.05) is 44.1 Å². The van der Waals surface area contributed by atoms with Crippen molar-refractivity contribution < 1.29 is 29.3 Å². The van der Waals surface area contributed by atoms with Crippen LogP contribution >= 0.6 is 0 Å². The van der Waals surface area contributed by atoms with Crippen LogP contribution in [0.15, 0.2) is 48.6 Å². The summed E-state index contributed by atoms with van der Waals surface area (Å²) in [5.74, 6) is 0.0511. The molecule has 0 bridgehead atoms. The van der Waals surface area contributed by atoms with Crippen molar-refractivity contribution in [1.82, 2.24) is 0 Å². The van der Waals surface area contributed by atoms with Gasteiger partial charge in [-0.3, -0.25) is 9.59 Å². The second-order valence-electron chi connectivity index (χ2n) is 6.99. The maximum absolute atomic E-state index is 12.1. The molecule has 2 N–H and O–H groups in total. The van der Waals surface area contributed by atoms with E-state index in [1.54, 1.807) is 36.4 Å². The molecule has 31 heavy (non-hydrogen) atoms. The van der Waals surface area contributed by atoms with E-state index in [2.05, 4.69) is 6.92 Å². The highest BCUT2D eigenvalue weighted by Crippen LogP contribution is 2.28. The summed E-state index contributed by atoms with van der Waals surface area (Å²) in [6.45, 7) is 2.62. The Morgan fingerprint density at radius 1 is 0.871 bits per heavy atom. The molecule has 0 aliphatic carbocycles. The molecule has 2 aromatic carbocycles. The third-order valence-corrected chi connectivity index (χ3v) is 4.46. The van der Waals surface area contributed by atoms with E-state index in [9.17, 15) is 19.8 Å². The SMILES string of the molecule is CCCCCOc1cc(/C=C/C(=O)CC(=O)/C=C/c2ccc(O)c(OC)c2)ccc1O. The molecule has 6 nitrogen and oxygen atoms in total. The number of unbranched alkanes of at least 4 members (excludes halogenated alkanes) is 2. The average Bonchev–Trinajstić information content (AvgIpc) is 2.76. The van der Waals surface area contributed by atoms with Crippen LogP contribution in [0.2, 0.25) is 0 Å².